The number of carboxylic acids is 1. The smallest absolute Gasteiger partial charge is 0.319 e. The summed E-state index contributed by atoms with van der Waals surface area (Å²) in [6.45, 7) is 3.44. The predicted octanol–water partition coefficient (Wildman–Crippen LogP) is 2.46. The number of carbonyl (C=O) groups excluding carboxylic acids is 2. The van der Waals surface area contributed by atoms with Crippen LogP contribution in [0.5, 0.6) is 5.75 Å². The number of hydrogen-bond acceptors (Lipinski definition) is 4. The van der Waals surface area contributed by atoms with E-state index in [1.54, 1.807) is 13.8 Å². The molecule has 0 bridgehead atoms. The van der Waals surface area contributed by atoms with Crippen molar-refractivity contribution in [1.82, 2.24) is 5.32 Å². The van der Waals surface area contributed by atoms with Crippen molar-refractivity contribution in [3.8, 4) is 5.75 Å². The van der Waals surface area contributed by atoms with Crippen LogP contribution in [0.3, 0.4) is 0 Å². The highest BCUT2D eigenvalue weighted by Crippen LogP contribution is 2.32. The maximum Gasteiger partial charge on any atom is 0.319 e. The number of nitrogens with two attached hydrogens (primary N) is 1. The molecule has 0 aliphatic carbocycles. The van der Waals surface area contributed by atoms with Gasteiger partial charge in [0.05, 0.1) is 23.8 Å². The molecule has 8 nitrogen and oxygen atoms in total. The van der Waals surface area contributed by atoms with Crippen molar-refractivity contribution in [2.24, 2.45) is 11.1 Å². The van der Waals surface area contributed by atoms with E-state index >= 15 is 0 Å². The molecule has 0 saturated carbocycles. The lowest BCUT2D eigenvalue weighted by atomic mass is 9.82. The second-order valence-electron chi connectivity index (χ2n) is 5.50. The number of hydrogen-bond donors (Lipinski definition) is 4. The Morgan fingerprint density at radius 2 is 1.88 bits per heavy atom. The minimum absolute atomic E-state index is 0.0206. The molecule has 0 fully saturated rings. The number of halogens is 1. The number of carboxylic acid groups (broad SMARTS) is 1. The first-order valence-electron chi connectivity index (χ1n) is 7.66. The van der Waals surface area contributed by atoms with Crippen LogP contribution in [-0.4, -0.2) is 36.7 Å². The number of anilines is 1. The third kappa shape index (κ3) is 4.76. The van der Waals surface area contributed by atoms with Gasteiger partial charge in [-0.15, -0.1) is 0 Å². The van der Waals surface area contributed by atoms with Gasteiger partial charge in [0.25, 0.3) is 5.91 Å². The fourth-order valence-electron chi connectivity index (χ4n) is 2.38. The van der Waals surface area contributed by atoms with Crippen molar-refractivity contribution in [2.45, 2.75) is 26.7 Å². The Bertz CT molecular complexity index is 674. The summed E-state index contributed by atoms with van der Waals surface area (Å²) in [6.07, 6.45) is 0.733. The standard InChI is InChI=1S/C16H22ClN3O5/c1-4-16(5-2,14(22)23)8-19-15(24)20-11-7-9(17)6-10(13(18)21)12(11)25-3/h6-7H,4-5,8H2,1-3H3,(H2,18,21)(H,22,23)(H2,19,20,24). The molecule has 0 radical (unpaired) electrons. The highest BCUT2D eigenvalue weighted by Gasteiger charge is 2.35. The summed E-state index contributed by atoms with van der Waals surface area (Å²) in [5, 5.41) is 14.6. The van der Waals surface area contributed by atoms with E-state index in [4.69, 9.17) is 22.1 Å². The van der Waals surface area contributed by atoms with Crippen molar-refractivity contribution in [3.05, 3.63) is 22.7 Å². The molecule has 9 heteroatoms. The van der Waals surface area contributed by atoms with Gasteiger partial charge >= 0.3 is 12.0 Å². The molecule has 0 unspecified atom stereocenters. The van der Waals surface area contributed by atoms with Crippen LogP contribution in [-0.2, 0) is 4.79 Å². The fraction of sp³-hybridized carbons (Fsp3) is 0.438. The van der Waals surface area contributed by atoms with E-state index in [0.29, 0.717) is 12.8 Å². The normalized spacial score (nSPS) is 10.9. The Labute approximate surface area is 150 Å². The molecular weight excluding hydrogens is 350 g/mol. The summed E-state index contributed by atoms with van der Waals surface area (Å²) in [5.41, 5.74) is 4.39. The Balaban J connectivity index is 2.98. The van der Waals surface area contributed by atoms with Crippen LogP contribution in [0.25, 0.3) is 0 Å². The molecule has 25 heavy (non-hydrogen) atoms. The van der Waals surface area contributed by atoms with Crippen LogP contribution in [0.4, 0.5) is 10.5 Å². The molecule has 0 atom stereocenters. The molecule has 0 spiro atoms. The third-order valence-corrected chi connectivity index (χ3v) is 4.38. The highest BCUT2D eigenvalue weighted by atomic mass is 35.5. The van der Waals surface area contributed by atoms with Crippen LogP contribution in [0, 0.1) is 5.41 Å². The van der Waals surface area contributed by atoms with Gasteiger partial charge in [-0.3, -0.25) is 9.59 Å². The number of amides is 3. The third-order valence-electron chi connectivity index (χ3n) is 4.17. The summed E-state index contributed by atoms with van der Waals surface area (Å²) in [7, 11) is 1.32. The number of rotatable bonds is 8. The summed E-state index contributed by atoms with van der Waals surface area (Å²) in [4.78, 5) is 35.1. The zero-order chi connectivity index (χ0) is 19.2. The number of aliphatic carboxylic acids is 1. The Kier molecular flexibility index (Phi) is 7.05. The predicted molar refractivity (Wildman–Crippen MR) is 94.2 cm³/mol. The van der Waals surface area contributed by atoms with Gasteiger partial charge in [-0.05, 0) is 25.0 Å². The van der Waals surface area contributed by atoms with E-state index in [9.17, 15) is 19.5 Å². The van der Waals surface area contributed by atoms with Crippen molar-refractivity contribution in [2.75, 3.05) is 19.0 Å². The fourth-order valence-corrected chi connectivity index (χ4v) is 2.60. The van der Waals surface area contributed by atoms with Crippen molar-refractivity contribution in [3.63, 3.8) is 0 Å². The minimum Gasteiger partial charge on any atom is -0.494 e. The van der Waals surface area contributed by atoms with Gasteiger partial charge in [0.15, 0.2) is 5.75 Å². The Hall–Kier alpha value is -2.48. The molecule has 0 aliphatic rings. The number of methoxy groups -OCH3 is 1. The van der Waals surface area contributed by atoms with Gasteiger partial charge < -0.3 is 26.2 Å². The van der Waals surface area contributed by atoms with Gasteiger partial charge in [0.1, 0.15) is 0 Å². The Morgan fingerprint density at radius 1 is 1.28 bits per heavy atom. The number of ether oxygens (including phenoxy) is 1. The number of nitrogens with one attached hydrogen (secondary N) is 2. The van der Waals surface area contributed by atoms with Gasteiger partial charge in [0, 0.05) is 11.6 Å². The number of urea groups is 1. The van der Waals surface area contributed by atoms with E-state index in [-0.39, 0.29) is 28.6 Å². The minimum atomic E-state index is -1.05. The van der Waals surface area contributed by atoms with E-state index in [1.807, 2.05) is 0 Å². The van der Waals surface area contributed by atoms with E-state index in [2.05, 4.69) is 10.6 Å². The average molecular weight is 372 g/mol. The topological polar surface area (TPSA) is 131 Å². The molecule has 5 N–H and O–H groups in total. The van der Waals surface area contributed by atoms with Gasteiger partial charge in [-0.1, -0.05) is 25.4 Å². The zero-order valence-electron chi connectivity index (χ0n) is 14.3. The zero-order valence-corrected chi connectivity index (χ0v) is 15.1. The lowest BCUT2D eigenvalue weighted by molar-refractivity contribution is -0.149. The number of benzene rings is 1. The molecule has 3 amide bonds. The second-order valence-corrected chi connectivity index (χ2v) is 5.94. The van der Waals surface area contributed by atoms with Crippen LogP contribution in [0.15, 0.2) is 12.1 Å². The van der Waals surface area contributed by atoms with Crippen LogP contribution in [0.1, 0.15) is 37.0 Å². The van der Waals surface area contributed by atoms with E-state index in [0.717, 1.165) is 0 Å². The van der Waals surface area contributed by atoms with Gasteiger partial charge in [0.2, 0.25) is 0 Å². The van der Waals surface area contributed by atoms with Crippen LogP contribution in [0.2, 0.25) is 5.02 Å². The van der Waals surface area contributed by atoms with Gasteiger partial charge in [-0.2, -0.15) is 0 Å². The maximum absolute atomic E-state index is 12.1. The van der Waals surface area contributed by atoms with Gasteiger partial charge in [-0.25, -0.2) is 4.79 Å². The average Bonchev–Trinajstić information content (AvgIpc) is 2.55. The first-order chi connectivity index (χ1) is 11.7. The van der Waals surface area contributed by atoms with Crippen molar-refractivity contribution in [1.29, 1.82) is 0 Å². The van der Waals surface area contributed by atoms with E-state index < -0.39 is 23.3 Å². The summed E-state index contributed by atoms with van der Waals surface area (Å²) < 4.78 is 5.12. The number of primary amides is 1. The molecule has 1 aromatic rings. The molecular formula is C16H22ClN3O5. The lowest BCUT2D eigenvalue weighted by Gasteiger charge is -2.27. The second kappa shape index (κ2) is 8.57. The molecule has 0 aromatic heterocycles. The Morgan fingerprint density at radius 3 is 2.32 bits per heavy atom. The number of carbonyl (C=O) groups is 3. The summed E-state index contributed by atoms with van der Waals surface area (Å²) >= 11 is 5.93. The molecule has 1 rings (SSSR count). The summed E-state index contributed by atoms with van der Waals surface area (Å²) in [5.74, 6) is -1.67. The summed E-state index contributed by atoms with van der Waals surface area (Å²) in [6, 6.07) is 2.08. The largest absolute Gasteiger partial charge is 0.494 e. The highest BCUT2D eigenvalue weighted by molar-refractivity contribution is 6.31. The van der Waals surface area contributed by atoms with E-state index in [1.165, 1.54) is 19.2 Å². The quantitative estimate of drug-likeness (QED) is 0.557. The van der Waals surface area contributed by atoms with Crippen molar-refractivity contribution >= 4 is 35.2 Å². The monoisotopic (exact) mass is 371 g/mol. The van der Waals surface area contributed by atoms with Crippen LogP contribution >= 0.6 is 11.6 Å². The first-order valence-corrected chi connectivity index (χ1v) is 8.04. The molecule has 1 aromatic carbocycles. The molecule has 0 aliphatic heterocycles. The molecule has 0 heterocycles. The first kappa shape index (κ1) is 20.6. The van der Waals surface area contributed by atoms with Crippen molar-refractivity contribution < 1.29 is 24.2 Å². The maximum atomic E-state index is 12.1. The lowest BCUT2D eigenvalue weighted by Crippen LogP contribution is -2.43. The SMILES string of the molecule is CCC(CC)(CNC(=O)Nc1cc(Cl)cc(C(N)=O)c1OC)C(=O)O. The van der Waals surface area contributed by atoms with Crippen LogP contribution < -0.4 is 21.1 Å². The molecule has 0 saturated heterocycles. The molecule has 138 valence electrons.